The quantitative estimate of drug-likeness (QED) is 0.287. The van der Waals surface area contributed by atoms with E-state index in [1.54, 1.807) is 5.30 Å². The van der Waals surface area contributed by atoms with Crippen LogP contribution in [0.2, 0.25) is 0 Å². The Balaban J connectivity index is 1.23. The van der Waals surface area contributed by atoms with Crippen LogP contribution in [-0.4, -0.2) is 19.3 Å². The van der Waals surface area contributed by atoms with Gasteiger partial charge < -0.3 is 0 Å². The van der Waals surface area contributed by atoms with Crippen LogP contribution in [-0.2, 0) is 21.8 Å². The van der Waals surface area contributed by atoms with E-state index >= 15 is 0 Å². The Bertz CT molecular complexity index is 1530. The van der Waals surface area contributed by atoms with Gasteiger partial charge >= 0.3 is 0 Å². The van der Waals surface area contributed by atoms with Gasteiger partial charge in [-0.2, -0.15) is 0 Å². The third kappa shape index (κ3) is 5.63. The van der Waals surface area contributed by atoms with E-state index in [1.807, 2.05) is 0 Å². The van der Waals surface area contributed by atoms with Gasteiger partial charge in [-0.15, -0.1) is 0 Å². The van der Waals surface area contributed by atoms with Gasteiger partial charge in [-0.3, -0.25) is 0 Å². The molecule has 2 aromatic rings. The molecule has 1 unspecified atom stereocenters. The number of hydrogen-bond acceptors (Lipinski definition) is 1. The number of nitrogens with one attached hydrogen (secondary N) is 1. The minimum absolute atomic E-state index is 0.0739. The standard InChI is InChI=1S/C45H64NOPS/c1-41(2,3)49(47)46-40(35-12-13-37-38(22-35)43(6,7)15-14-42(37,4)5)36-10-8-9-11-39(36)48(44-23-29-16-30(24-44)18-31(17-29)25-44)45-26-32-19-33(27-45)21-34(20-32)28-45/h8-13,22,29-34,40,46H,14-21,23-28H2,1-7H3/t29?,30?,31?,32?,33?,34?,40-,44?,45?,48?,49?/m0/s1. The fourth-order valence-corrected chi connectivity index (χ4v) is 20.2. The van der Waals surface area contributed by atoms with E-state index in [-0.39, 0.29) is 29.5 Å². The van der Waals surface area contributed by atoms with Gasteiger partial charge in [0.25, 0.3) is 0 Å². The first-order valence-electron chi connectivity index (χ1n) is 20.4. The molecule has 4 heteroatoms. The lowest BCUT2D eigenvalue weighted by Crippen LogP contribution is -2.58. The zero-order valence-electron chi connectivity index (χ0n) is 31.7. The van der Waals surface area contributed by atoms with Crippen LogP contribution in [0, 0.1) is 35.5 Å². The molecular weight excluding hydrogens is 634 g/mol. The zero-order valence-corrected chi connectivity index (χ0v) is 33.5. The van der Waals surface area contributed by atoms with E-state index in [0.29, 0.717) is 10.3 Å². The topological polar surface area (TPSA) is 29.1 Å². The van der Waals surface area contributed by atoms with Crippen LogP contribution >= 0.6 is 7.92 Å². The minimum atomic E-state index is -1.19. The maximum absolute atomic E-state index is 14.3. The van der Waals surface area contributed by atoms with Gasteiger partial charge in [-0.1, -0.05) is 78.1 Å². The van der Waals surface area contributed by atoms with Crippen LogP contribution in [0.1, 0.15) is 167 Å². The van der Waals surface area contributed by atoms with Crippen LogP contribution in [0.5, 0.6) is 0 Å². The Labute approximate surface area is 302 Å². The minimum Gasteiger partial charge on any atom is -0.242 e. The molecule has 8 saturated carbocycles. The highest BCUT2D eigenvalue weighted by Gasteiger charge is 2.63. The molecule has 2 nitrogen and oxygen atoms in total. The molecule has 0 aromatic heterocycles. The molecule has 11 rings (SSSR count). The maximum Gasteiger partial charge on any atom is 0.0979 e. The smallest absolute Gasteiger partial charge is 0.0979 e. The lowest BCUT2D eigenvalue weighted by Gasteiger charge is -2.67. The molecular formula is C45H64NOPS. The molecule has 0 aliphatic heterocycles. The summed E-state index contributed by atoms with van der Waals surface area (Å²) in [4.78, 5) is 0. The summed E-state index contributed by atoms with van der Waals surface area (Å²) in [5, 5.41) is 2.71. The average molecular weight is 698 g/mol. The molecule has 0 spiro atoms. The van der Waals surface area contributed by atoms with Crippen molar-refractivity contribution in [3.8, 4) is 0 Å². The van der Waals surface area contributed by atoms with Crippen molar-refractivity contribution in [2.75, 3.05) is 0 Å². The Morgan fingerprint density at radius 3 is 1.59 bits per heavy atom. The molecule has 9 aliphatic rings. The first-order valence-corrected chi connectivity index (χ1v) is 22.8. The van der Waals surface area contributed by atoms with Crippen molar-refractivity contribution in [3.63, 3.8) is 0 Å². The Morgan fingerprint density at radius 1 is 0.673 bits per heavy atom. The molecule has 1 N–H and O–H groups in total. The summed E-state index contributed by atoms with van der Waals surface area (Å²) in [5.41, 5.74) is 6.13. The van der Waals surface area contributed by atoms with Gasteiger partial charge in [0.05, 0.1) is 21.8 Å². The van der Waals surface area contributed by atoms with Crippen LogP contribution in [0.3, 0.4) is 0 Å². The summed E-state index contributed by atoms with van der Waals surface area (Å²) in [7, 11) is -1.57. The Kier molecular flexibility index (Phi) is 7.92. The van der Waals surface area contributed by atoms with E-state index < -0.39 is 11.0 Å². The number of hydrogen-bond donors (Lipinski definition) is 1. The zero-order chi connectivity index (χ0) is 34.1. The fraction of sp³-hybridized carbons (Fsp3) is 0.733. The molecule has 0 saturated heterocycles. The number of fused-ring (bicyclic) bond motifs is 1. The predicted molar refractivity (Wildman–Crippen MR) is 209 cm³/mol. The van der Waals surface area contributed by atoms with E-state index in [0.717, 1.165) is 35.5 Å². The third-order valence-electron chi connectivity index (χ3n) is 15.4. The molecule has 266 valence electrons. The molecule has 8 fully saturated rings. The predicted octanol–water partition coefficient (Wildman–Crippen LogP) is 11.2. The molecule has 0 heterocycles. The summed E-state index contributed by atoms with van der Waals surface area (Å²) >= 11 is 0. The van der Waals surface area contributed by atoms with Gasteiger partial charge in [-0.05, 0) is 195 Å². The SMILES string of the molecule is CC1(C)CCC(C)(C)c2cc([C@H](NS(=O)C(C)(C)C)c3ccccc3P(C34CC5CC(CC(C5)C3)C4)C34CC5CC(CC(C5)C3)C4)ccc21. The second-order valence-corrected chi connectivity index (χ2v) is 26.2. The van der Waals surface area contributed by atoms with Crippen molar-refractivity contribution in [3.05, 3.63) is 64.7 Å². The second kappa shape index (κ2) is 11.5. The average Bonchev–Trinajstić information content (AvgIpc) is 3.00. The Morgan fingerprint density at radius 2 is 1.12 bits per heavy atom. The van der Waals surface area contributed by atoms with Crippen LogP contribution in [0.25, 0.3) is 0 Å². The maximum atomic E-state index is 14.3. The van der Waals surface area contributed by atoms with Crippen molar-refractivity contribution >= 4 is 24.2 Å². The van der Waals surface area contributed by atoms with Crippen molar-refractivity contribution in [2.45, 2.75) is 170 Å². The summed E-state index contributed by atoms with van der Waals surface area (Å²) in [6, 6.07) is 17.2. The van der Waals surface area contributed by atoms with Crippen molar-refractivity contribution in [2.24, 2.45) is 35.5 Å². The summed E-state index contributed by atoms with van der Waals surface area (Å²) in [6.45, 7) is 16.2. The number of rotatable bonds is 7. The summed E-state index contributed by atoms with van der Waals surface area (Å²) in [5.74, 6) is 5.78. The molecule has 0 radical (unpaired) electrons. The highest BCUT2D eigenvalue weighted by molar-refractivity contribution is 7.84. The van der Waals surface area contributed by atoms with Crippen molar-refractivity contribution in [1.29, 1.82) is 0 Å². The molecule has 49 heavy (non-hydrogen) atoms. The van der Waals surface area contributed by atoms with Gasteiger partial charge in [-0.25, -0.2) is 8.93 Å². The van der Waals surface area contributed by atoms with E-state index in [4.69, 9.17) is 0 Å². The van der Waals surface area contributed by atoms with Crippen LogP contribution in [0.4, 0.5) is 0 Å². The van der Waals surface area contributed by atoms with E-state index in [2.05, 4.69) is 95.7 Å². The van der Waals surface area contributed by atoms with Crippen molar-refractivity contribution in [1.82, 2.24) is 4.72 Å². The van der Waals surface area contributed by atoms with Crippen LogP contribution < -0.4 is 10.0 Å². The molecule has 9 aliphatic carbocycles. The lowest BCUT2D eigenvalue weighted by molar-refractivity contribution is 0.0195. The van der Waals surface area contributed by atoms with Crippen molar-refractivity contribution < 1.29 is 4.21 Å². The highest BCUT2D eigenvalue weighted by Crippen LogP contribution is 2.78. The van der Waals surface area contributed by atoms with E-state index in [9.17, 15) is 4.21 Å². The van der Waals surface area contributed by atoms with Gasteiger partial charge in [0.15, 0.2) is 0 Å². The molecule has 0 amide bonds. The molecule has 8 bridgehead atoms. The largest absolute Gasteiger partial charge is 0.242 e. The monoisotopic (exact) mass is 697 g/mol. The van der Waals surface area contributed by atoms with Crippen LogP contribution in [0.15, 0.2) is 42.5 Å². The molecule has 2 aromatic carbocycles. The van der Waals surface area contributed by atoms with Gasteiger partial charge in [0.1, 0.15) is 0 Å². The lowest BCUT2D eigenvalue weighted by atomic mass is 9.55. The van der Waals surface area contributed by atoms with E-state index in [1.165, 1.54) is 112 Å². The first kappa shape index (κ1) is 33.8. The van der Waals surface area contributed by atoms with Gasteiger partial charge in [0.2, 0.25) is 0 Å². The third-order valence-corrected chi connectivity index (χ3v) is 20.9. The normalized spacial score (nSPS) is 39.8. The first-order chi connectivity index (χ1) is 23.1. The molecule has 2 atom stereocenters. The number of benzene rings is 2. The van der Waals surface area contributed by atoms with Gasteiger partial charge in [0, 0.05) is 0 Å². The fourth-order valence-electron chi connectivity index (χ4n) is 14.0. The Hall–Kier alpha value is -1.02. The second-order valence-electron chi connectivity index (χ2n) is 21.2. The summed E-state index contributed by atoms with van der Waals surface area (Å²) < 4.78 is 17.8. The highest BCUT2D eigenvalue weighted by atomic mass is 32.2. The summed E-state index contributed by atoms with van der Waals surface area (Å²) in [6.07, 6.45) is 20.5.